The highest BCUT2D eigenvalue weighted by Crippen LogP contribution is 2.27. The summed E-state index contributed by atoms with van der Waals surface area (Å²) < 4.78 is 6.34. The zero-order valence-electron chi connectivity index (χ0n) is 13.6. The van der Waals surface area contributed by atoms with Crippen LogP contribution >= 0.6 is 27.5 Å². The summed E-state index contributed by atoms with van der Waals surface area (Å²) in [5.41, 5.74) is 1.15. The van der Waals surface area contributed by atoms with Crippen molar-refractivity contribution in [1.29, 1.82) is 0 Å². The Balaban J connectivity index is 1.87. The summed E-state index contributed by atoms with van der Waals surface area (Å²) in [5, 5.41) is 3.37. The van der Waals surface area contributed by atoms with Crippen LogP contribution in [0.3, 0.4) is 0 Å². The molecule has 1 amide bonds. The zero-order valence-corrected chi connectivity index (χ0v) is 16.0. The van der Waals surface area contributed by atoms with E-state index in [9.17, 15) is 4.79 Å². The van der Waals surface area contributed by atoms with E-state index in [2.05, 4.69) is 38.3 Å². The Kier molecular flexibility index (Phi) is 7.09. The van der Waals surface area contributed by atoms with E-state index in [0.717, 1.165) is 10.0 Å². The number of ether oxygens (including phenoxy) is 1. The first-order valence-electron chi connectivity index (χ1n) is 7.53. The van der Waals surface area contributed by atoms with Crippen molar-refractivity contribution in [3.05, 3.63) is 63.6 Å². The van der Waals surface area contributed by atoms with E-state index in [-0.39, 0.29) is 18.6 Å². The smallest absolute Gasteiger partial charge is 0.258 e. The zero-order chi connectivity index (χ0) is 17.5. The Hall–Kier alpha value is -1.56. The van der Waals surface area contributed by atoms with Crippen molar-refractivity contribution in [3.63, 3.8) is 0 Å². The molecule has 4 nitrogen and oxygen atoms in total. The van der Waals surface area contributed by atoms with Gasteiger partial charge in [-0.05, 0) is 37.9 Å². The fourth-order valence-electron chi connectivity index (χ4n) is 2.27. The van der Waals surface area contributed by atoms with Gasteiger partial charge in [-0.3, -0.25) is 4.79 Å². The van der Waals surface area contributed by atoms with Crippen molar-refractivity contribution in [3.8, 4) is 5.75 Å². The molecule has 1 unspecified atom stereocenters. The Morgan fingerprint density at radius 1 is 1.25 bits per heavy atom. The Morgan fingerprint density at radius 2 is 1.96 bits per heavy atom. The summed E-state index contributed by atoms with van der Waals surface area (Å²) in [6, 6.07) is 15.4. The van der Waals surface area contributed by atoms with Crippen LogP contribution in [0.15, 0.2) is 53.0 Å². The number of rotatable bonds is 7. The third kappa shape index (κ3) is 5.51. The highest BCUT2D eigenvalue weighted by molar-refractivity contribution is 9.10. The van der Waals surface area contributed by atoms with Gasteiger partial charge in [-0.2, -0.15) is 0 Å². The van der Waals surface area contributed by atoms with Gasteiger partial charge < -0.3 is 15.0 Å². The van der Waals surface area contributed by atoms with Crippen LogP contribution in [0.5, 0.6) is 5.75 Å². The van der Waals surface area contributed by atoms with E-state index in [1.54, 1.807) is 12.1 Å². The Labute approximate surface area is 155 Å². The second-order valence-corrected chi connectivity index (χ2v) is 6.88. The minimum atomic E-state index is -0.184. The number of nitrogens with zero attached hydrogens (tertiary/aromatic N) is 1. The first-order valence-corrected chi connectivity index (χ1v) is 8.70. The number of carbonyl (C=O) groups excluding carboxylic acids is 1. The monoisotopic (exact) mass is 410 g/mol. The molecular formula is C18H20BrClN2O2. The normalized spacial score (nSPS) is 12.0. The molecule has 0 saturated heterocycles. The van der Waals surface area contributed by atoms with Gasteiger partial charge in [-0.25, -0.2) is 0 Å². The van der Waals surface area contributed by atoms with E-state index < -0.39 is 0 Å². The van der Waals surface area contributed by atoms with Crippen LogP contribution in [0.2, 0.25) is 5.02 Å². The minimum Gasteiger partial charge on any atom is -0.482 e. The van der Waals surface area contributed by atoms with Gasteiger partial charge in [0.05, 0.1) is 11.1 Å². The average molecular weight is 412 g/mol. The van der Waals surface area contributed by atoms with Crippen molar-refractivity contribution in [1.82, 2.24) is 10.2 Å². The van der Waals surface area contributed by atoms with Gasteiger partial charge in [0.15, 0.2) is 6.61 Å². The minimum absolute atomic E-state index is 0.0731. The number of hydrogen-bond donors (Lipinski definition) is 1. The number of halogens is 2. The average Bonchev–Trinajstić information content (AvgIpc) is 2.55. The number of likely N-dealkylation sites (N-methyl/N-ethyl adjacent to an activating group) is 1. The fraction of sp³-hybridized carbons (Fsp3) is 0.278. The van der Waals surface area contributed by atoms with E-state index in [4.69, 9.17) is 16.3 Å². The molecule has 0 aromatic heterocycles. The lowest BCUT2D eigenvalue weighted by molar-refractivity contribution is -0.123. The van der Waals surface area contributed by atoms with Gasteiger partial charge in [-0.1, -0.05) is 57.9 Å². The molecule has 2 aromatic rings. The largest absolute Gasteiger partial charge is 0.482 e. The summed E-state index contributed by atoms with van der Waals surface area (Å²) in [5.74, 6) is 0.305. The molecule has 0 heterocycles. The number of amides is 1. The molecule has 24 heavy (non-hydrogen) atoms. The standard InChI is InChI=1S/C18H20BrClN2O2/c1-22(2)16(13-6-4-3-5-7-13)11-21-18(23)12-24-17-9-8-14(19)10-15(17)20/h3-10,16H,11-12H2,1-2H3,(H,21,23). The third-order valence-electron chi connectivity index (χ3n) is 3.55. The summed E-state index contributed by atoms with van der Waals surface area (Å²) in [4.78, 5) is 14.1. The molecule has 0 bridgehead atoms. The van der Waals surface area contributed by atoms with E-state index in [1.807, 2.05) is 38.4 Å². The van der Waals surface area contributed by atoms with E-state index in [0.29, 0.717) is 17.3 Å². The van der Waals surface area contributed by atoms with Crippen molar-refractivity contribution >= 4 is 33.4 Å². The van der Waals surface area contributed by atoms with Crippen LogP contribution in [0, 0.1) is 0 Å². The molecule has 0 saturated carbocycles. The molecule has 0 fully saturated rings. The molecule has 0 aliphatic carbocycles. The van der Waals surface area contributed by atoms with Gasteiger partial charge in [0.2, 0.25) is 0 Å². The lowest BCUT2D eigenvalue weighted by Gasteiger charge is -2.25. The maximum atomic E-state index is 12.0. The summed E-state index contributed by atoms with van der Waals surface area (Å²) in [6.45, 7) is 0.434. The summed E-state index contributed by atoms with van der Waals surface area (Å²) in [6.07, 6.45) is 0. The number of nitrogens with one attached hydrogen (secondary N) is 1. The second-order valence-electron chi connectivity index (χ2n) is 5.56. The number of benzene rings is 2. The predicted molar refractivity (Wildman–Crippen MR) is 101 cm³/mol. The van der Waals surface area contributed by atoms with Gasteiger partial charge in [0.25, 0.3) is 5.91 Å². The SMILES string of the molecule is CN(C)C(CNC(=O)COc1ccc(Br)cc1Cl)c1ccccc1. The molecule has 1 atom stereocenters. The van der Waals surface area contributed by atoms with Crippen LogP contribution in [0.4, 0.5) is 0 Å². The lowest BCUT2D eigenvalue weighted by Crippen LogP contribution is -2.36. The summed E-state index contributed by atoms with van der Waals surface area (Å²) >= 11 is 9.40. The molecular weight excluding hydrogens is 392 g/mol. The highest BCUT2D eigenvalue weighted by atomic mass is 79.9. The van der Waals surface area contributed by atoms with Crippen LogP contribution in [0.1, 0.15) is 11.6 Å². The van der Waals surface area contributed by atoms with Crippen molar-refractivity contribution < 1.29 is 9.53 Å². The van der Waals surface area contributed by atoms with Crippen LogP contribution < -0.4 is 10.1 Å². The number of hydrogen-bond acceptors (Lipinski definition) is 3. The van der Waals surface area contributed by atoms with Crippen molar-refractivity contribution in [2.24, 2.45) is 0 Å². The fourth-order valence-corrected chi connectivity index (χ4v) is 3.00. The van der Waals surface area contributed by atoms with Gasteiger partial charge >= 0.3 is 0 Å². The molecule has 2 rings (SSSR count). The molecule has 128 valence electrons. The highest BCUT2D eigenvalue weighted by Gasteiger charge is 2.15. The predicted octanol–water partition coefficient (Wildman–Crippen LogP) is 3.90. The van der Waals surface area contributed by atoms with Gasteiger partial charge in [0.1, 0.15) is 5.75 Å². The van der Waals surface area contributed by atoms with Crippen molar-refractivity contribution in [2.75, 3.05) is 27.2 Å². The lowest BCUT2D eigenvalue weighted by atomic mass is 10.1. The van der Waals surface area contributed by atoms with Crippen LogP contribution in [-0.2, 0) is 4.79 Å². The topological polar surface area (TPSA) is 41.6 Å². The maximum absolute atomic E-state index is 12.0. The molecule has 0 radical (unpaired) electrons. The molecule has 2 aromatic carbocycles. The molecule has 6 heteroatoms. The first kappa shape index (κ1) is 18.8. The van der Waals surface area contributed by atoms with E-state index >= 15 is 0 Å². The number of carbonyl (C=O) groups is 1. The van der Waals surface area contributed by atoms with Gasteiger partial charge in [0, 0.05) is 11.0 Å². The molecule has 0 aliphatic rings. The Bertz CT molecular complexity index is 680. The third-order valence-corrected chi connectivity index (χ3v) is 4.34. The quantitative estimate of drug-likeness (QED) is 0.751. The van der Waals surface area contributed by atoms with Crippen LogP contribution in [0.25, 0.3) is 0 Å². The van der Waals surface area contributed by atoms with Crippen molar-refractivity contribution in [2.45, 2.75) is 6.04 Å². The molecule has 1 N–H and O–H groups in total. The molecule has 0 spiro atoms. The van der Waals surface area contributed by atoms with E-state index in [1.165, 1.54) is 0 Å². The summed E-state index contributed by atoms with van der Waals surface area (Å²) in [7, 11) is 3.98. The van der Waals surface area contributed by atoms with Crippen LogP contribution in [-0.4, -0.2) is 38.1 Å². The molecule has 0 aliphatic heterocycles. The van der Waals surface area contributed by atoms with Gasteiger partial charge in [-0.15, -0.1) is 0 Å². The Morgan fingerprint density at radius 3 is 2.58 bits per heavy atom. The first-order chi connectivity index (χ1) is 11.5. The second kappa shape index (κ2) is 9.06. The maximum Gasteiger partial charge on any atom is 0.258 e.